The highest BCUT2D eigenvalue weighted by Gasteiger charge is 2.33. The smallest absolute Gasteiger partial charge is 0.251 e. The van der Waals surface area contributed by atoms with Gasteiger partial charge in [0.2, 0.25) is 5.91 Å². The number of benzene rings is 1. The van der Waals surface area contributed by atoms with Crippen molar-refractivity contribution in [2.75, 3.05) is 13.2 Å². The van der Waals surface area contributed by atoms with Crippen LogP contribution in [0.2, 0.25) is 10.0 Å². The molecule has 1 aromatic carbocycles. The van der Waals surface area contributed by atoms with Gasteiger partial charge < -0.3 is 20.5 Å². The van der Waals surface area contributed by atoms with Crippen molar-refractivity contribution in [3.63, 3.8) is 0 Å². The fourth-order valence-electron chi connectivity index (χ4n) is 4.31. The fourth-order valence-corrected chi connectivity index (χ4v) is 4.83. The van der Waals surface area contributed by atoms with Gasteiger partial charge in [0.25, 0.3) is 5.91 Å². The maximum atomic E-state index is 12.5. The molecule has 3 atom stereocenters. The topological polar surface area (TPSA) is 87.7 Å². The number of ether oxygens (including phenoxy) is 1. The normalized spacial score (nSPS) is 25.0. The minimum absolute atomic E-state index is 0.0757. The third kappa shape index (κ3) is 6.58. The molecule has 3 N–H and O–H groups in total. The van der Waals surface area contributed by atoms with E-state index in [2.05, 4.69) is 10.6 Å². The third-order valence-corrected chi connectivity index (χ3v) is 6.41. The molecule has 30 heavy (non-hydrogen) atoms. The summed E-state index contributed by atoms with van der Waals surface area (Å²) in [5, 5.41) is 16.5. The molecule has 1 aliphatic heterocycles. The van der Waals surface area contributed by atoms with Crippen LogP contribution in [0.1, 0.15) is 61.7 Å². The first kappa shape index (κ1) is 23.3. The summed E-state index contributed by atoms with van der Waals surface area (Å²) in [7, 11) is 0. The van der Waals surface area contributed by atoms with Crippen molar-refractivity contribution in [1.29, 1.82) is 0 Å². The number of hydrogen-bond acceptors (Lipinski definition) is 4. The van der Waals surface area contributed by atoms with Gasteiger partial charge in [-0.05, 0) is 50.3 Å². The highest BCUT2D eigenvalue weighted by Crippen LogP contribution is 2.26. The van der Waals surface area contributed by atoms with E-state index in [4.69, 9.17) is 27.9 Å². The molecule has 0 bridgehead atoms. The summed E-state index contributed by atoms with van der Waals surface area (Å²) < 4.78 is 6.00. The molecule has 0 radical (unpaired) electrons. The molecule has 0 unspecified atom stereocenters. The van der Waals surface area contributed by atoms with E-state index in [1.165, 1.54) is 6.42 Å². The second kappa shape index (κ2) is 11.3. The molecule has 6 nitrogen and oxygen atoms in total. The second-order valence-corrected chi connectivity index (χ2v) is 9.08. The van der Waals surface area contributed by atoms with Gasteiger partial charge in [0, 0.05) is 28.1 Å². The SMILES string of the molecule is O=C(NCC[C@H]1CC[C@@H](NC(=O)C2CCCCC2)[C@H](CO)O1)c1cc(Cl)cc(Cl)c1. The number of rotatable bonds is 7. The quantitative estimate of drug-likeness (QED) is 0.583. The number of nitrogens with one attached hydrogen (secondary N) is 2. The number of halogens is 2. The summed E-state index contributed by atoms with van der Waals surface area (Å²) in [4.78, 5) is 24.8. The van der Waals surface area contributed by atoms with Crippen LogP contribution in [0, 0.1) is 5.92 Å². The summed E-state index contributed by atoms with van der Waals surface area (Å²) in [6, 6.07) is 4.56. The number of carbonyl (C=O) groups excluding carboxylic acids is 2. The van der Waals surface area contributed by atoms with E-state index in [0.29, 0.717) is 28.6 Å². The van der Waals surface area contributed by atoms with E-state index in [1.807, 2.05) is 0 Å². The standard InChI is InChI=1S/C22H30Cl2N2O4/c23-16-10-15(11-17(24)12-16)21(28)25-9-8-18-6-7-19(20(13-27)30-18)26-22(29)14-4-2-1-3-5-14/h10-12,14,18-20,27H,1-9,13H2,(H,25,28)(H,26,29)/t18-,19-,20+/m1/s1. The van der Waals surface area contributed by atoms with Crippen LogP contribution < -0.4 is 10.6 Å². The monoisotopic (exact) mass is 456 g/mol. The van der Waals surface area contributed by atoms with Crippen LogP contribution in [0.3, 0.4) is 0 Å². The van der Waals surface area contributed by atoms with Gasteiger partial charge in [0.05, 0.1) is 18.8 Å². The first-order valence-electron chi connectivity index (χ1n) is 10.8. The lowest BCUT2D eigenvalue weighted by Gasteiger charge is -2.37. The van der Waals surface area contributed by atoms with Crippen LogP contribution in [0.4, 0.5) is 0 Å². The van der Waals surface area contributed by atoms with Crippen molar-refractivity contribution >= 4 is 35.0 Å². The van der Waals surface area contributed by atoms with Crippen LogP contribution in [0.5, 0.6) is 0 Å². The molecule has 0 aromatic heterocycles. The zero-order valence-electron chi connectivity index (χ0n) is 17.0. The molecule has 3 rings (SSSR count). The Bertz CT molecular complexity index is 720. The van der Waals surface area contributed by atoms with Crippen LogP contribution in [0.25, 0.3) is 0 Å². The van der Waals surface area contributed by atoms with Crippen LogP contribution in [-0.2, 0) is 9.53 Å². The number of aliphatic hydroxyl groups is 1. The molecule has 1 aliphatic carbocycles. The fraction of sp³-hybridized carbons (Fsp3) is 0.636. The van der Waals surface area contributed by atoms with Crippen molar-refractivity contribution < 1.29 is 19.4 Å². The van der Waals surface area contributed by atoms with Gasteiger partial charge >= 0.3 is 0 Å². The number of amides is 2. The molecule has 1 aromatic rings. The number of aliphatic hydroxyl groups excluding tert-OH is 1. The van der Waals surface area contributed by atoms with E-state index in [9.17, 15) is 14.7 Å². The molecule has 2 aliphatic rings. The zero-order chi connectivity index (χ0) is 21.5. The van der Waals surface area contributed by atoms with Crippen molar-refractivity contribution in [2.45, 2.75) is 69.6 Å². The van der Waals surface area contributed by atoms with E-state index in [-0.39, 0.29) is 36.5 Å². The molecule has 8 heteroatoms. The van der Waals surface area contributed by atoms with Crippen LogP contribution in [-0.4, -0.2) is 48.3 Å². The molecule has 1 heterocycles. The molecule has 166 valence electrons. The number of carbonyl (C=O) groups is 2. The summed E-state index contributed by atoms with van der Waals surface area (Å²) in [5.74, 6) is -0.0646. The molecular weight excluding hydrogens is 427 g/mol. The van der Waals surface area contributed by atoms with E-state index < -0.39 is 6.10 Å². The van der Waals surface area contributed by atoms with E-state index in [1.54, 1.807) is 18.2 Å². The lowest BCUT2D eigenvalue weighted by atomic mass is 9.88. The average molecular weight is 457 g/mol. The summed E-state index contributed by atoms with van der Waals surface area (Å²) in [5.41, 5.74) is 0.413. The molecule has 1 saturated carbocycles. The Balaban J connectivity index is 1.43. The van der Waals surface area contributed by atoms with Crippen molar-refractivity contribution in [3.8, 4) is 0 Å². The van der Waals surface area contributed by atoms with Gasteiger partial charge in [-0.2, -0.15) is 0 Å². The van der Waals surface area contributed by atoms with Gasteiger partial charge in [0.15, 0.2) is 0 Å². The maximum absolute atomic E-state index is 12.5. The average Bonchev–Trinajstić information content (AvgIpc) is 2.74. The summed E-state index contributed by atoms with van der Waals surface area (Å²) in [6.45, 7) is 0.296. The maximum Gasteiger partial charge on any atom is 0.251 e. The lowest BCUT2D eigenvalue weighted by Crippen LogP contribution is -2.52. The number of hydrogen-bond donors (Lipinski definition) is 3. The van der Waals surface area contributed by atoms with Gasteiger partial charge in [-0.3, -0.25) is 9.59 Å². The van der Waals surface area contributed by atoms with Gasteiger partial charge in [-0.15, -0.1) is 0 Å². The summed E-state index contributed by atoms with van der Waals surface area (Å²) in [6.07, 6.45) is 6.98. The van der Waals surface area contributed by atoms with Crippen LogP contribution in [0.15, 0.2) is 18.2 Å². The Morgan fingerprint density at radius 3 is 2.40 bits per heavy atom. The summed E-state index contributed by atoms with van der Waals surface area (Å²) >= 11 is 11.9. The highest BCUT2D eigenvalue weighted by atomic mass is 35.5. The molecule has 1 saturated heterocycles. The Labute approximate surface area is 187 Å². The Hall–Kier alpha value is -1.34. The molecule has 2 fully saturated rings. The molecule has 0 spiro atoms. The first-order chi connectivity index (χ1) is 14.5. The van der Waals surface area contributed by atoms with E-state index >= 15 is 0 Å². The van der Waals surface area contributed by atoms with Crippen molar-refractivity contribution in [3.05, 3.63) is 33.8 Å². The highest BCUT2D eigenvalue weighted by molar-refractivity contribution is 6.35. The van der Waals surface area contributed by atoms with Crippen LogP contribution >= 0.6 is 23.2 Å². The molecule has 2 amide bonds. The van der Waals surface area contributed by atoms with Gasteiger partial charge in [0.1, 0.15) is 6.10 Å². The molecular formula is C22H30Cl2N2O4. The second-order valence-electron chi connectivity index (χ2n) is 8.21. The lowest BCUT2D eigenvalue weighted by molar-refractivity contribution is -0.132. The van der Waals surface area contributed by atoms with Crippen molar-refractivity contribution in [1.82, 2.24) is 10.6 Å². The first-order valence-corrected chi connectivity index (χ1v) is 11.5. The predicted molar refractivity (Wildman–Crippen MR) is 117 cm³/mol. The predicted octanol–water partition coefficient (Wildman–Crippen LogP) is 3.72. The minimum Gasteiger partial charge on any atom is -0.394 e. The zero-order valence-corrected chi connectivity index (χ0v) is 18.6. The Kier molecular flexibility index (Phi) is 8.81. The largest absolute Gasteiger partial charge is 0.394 e. The Morgan fingerprint density at radius 1 is 1.03 bits per heavy atom. The van der Waals surface area contributed by atoms with Crippen molar-refractivity contribution in [2.24, 2.45) is 5.92 Å². The van der Waals surface area contributed by atoms with Gasteiger partial charge in [-0.1, -0.05) is 42.5 Å². The Morgan fingerprint density at radius 2 is 1.73 bits per heavy atom. The third-order valence-electron chi connectivity index (χ3n) is 5.98. The van der Waals surface area contributed by atoms with E-state index in [0.717, 1.165) is 38.5 Å². The minimum atomic E-state index is -0.418. The van der Waals surface area contributed by atoms with Gasteiger partial charge in [-0.25, -0.2) is 0 Å².